The topological polar surface area (TPSA) is 43.6 Å². The average molecular weight is 777 g/mol. The summed E-state index contributed by atoms with van der Waals surface area (Å²) < 4.78 is 2.39. The maximum absolute atomic E-state index is 5.48. The van der Waals surface area contributed by atoms with Crippen LogP contribution >= 0.6 is 0 Å². The number of fused-ring (bicyclic) bond motifs is 8. The summed E-state index contributed by atoms with van der Waals surface area (Å²) in [4.78, 5) is 16.4. The second-order valence-electron chi connectivity index (χ2n) is 15.5. The fraction of sp³-hybridized carbons (Fsp3) is 0. The molecule has 0 aliphatic carbocycles. The third kappa shape index (κ3) is 5.72. The van der Waals surface area contributed by atoms with Crippen molar-refractivity contribution in [1.29, 1.82) is 0 Å². The first-order chi connectivity index (χ1) is 30.3. The zero-order valence-corrected chi connectivity index (χ0v) is 33.1. The minimum absolute atomic E-state index is 0.690. The lowest BCUT2D eigenvalue weighted by Crippen LogP contribution is -2.01. The van der Waals surface area contributed by atoms with E-state index in [1.54, 1.807) is 0 Å². The molecular weight excluding hydrogens is 741 g/mol. The van der Waals surface area contributed by atoms with Crippen molar-refractivity contribution in [2.45, 2.75) is 0 Å². The molecule has 0 aliphatic heterocycles. The number of benzene rings is 9. The normalized spacial score (nSPS) is 11.6. The number of aromatic nitrogens is 4. The summed E-state index contributed by atoms with van der Waals surface area (Å²) in [7, 11) is 0. The third-order valence-corrected chi connectivity index (χ3v) is 12.0. The highest BCUT2D eigenvalue weighted by Gasteiger charge is 2.23. The second-order valence-corrected chi connectivity index (χ2v) is 15.5. The second kappa shape index (κ2) is 14.3. The number of hydrogen-bond donors (Lipinski definition) is 0. The van der Waals surface area contributed by atoms with Crippen molar-refractivity contribution in [2.75, 3.05) is 0 Å². The molecule has 61 heavy (non-hydrogen) atoms. The molecule has 0 fully saturated rings. The molecule has 0 atom stereocenters. The zero-order chi connectivity index (χ0) is 40.3. The third-order valence-electron chi connectivity index (χ3n) is 12.0. The maximum Gasteiger partial charge on any atom is 0.161 e. The van der Waals surface area contributed by atoms with Crippen LogP contribution in [0.3, 0.4) is 0 Å². The Morgan fingerprint density at radius 2 is 0.902 bits per heavy atom. The molecule has 0 N–H and O–H groups in total. The molecule has 0 radical (unpaired) electrons. The molecule has 12 aromatic rings. The van der Waals surface area contributed by atoms with Gasteiger partial charge in [-0.05, 0) is 52.7 Å². The van der Waals surface area contributed by atoms with E-state index in [9.17, 15) is 0 Å². The minimum Gasteiger partial charge on any atom is -0.309 e. The van der Waals surface area contributed by atoms with Crippen molar-refractivity contribution in [3.63, 3.8) is 0 Å². The van der Waals surface area contributed by atoms with E-state index < -0.39 is 0 Å². The average Bonchev–Trinajstić information content (AvgIpc) is 3.68. The molecule has 0 bridgehead atoms. The van der Waals surface area contributed by atoms with E-state index in [0.717, 1.165) is 83.2 Å². The molecule has 0 amide bonds. The van der Waals surface area contributed by atoms with Crippen LogP contribution < -0.4 is 0 Å². The first-order valence-electron chi connectivity index (χ1n) is 20.7. The van der Waals surface area contributed by atoms with Crippen LogP contribution in [0.5, 0.6) is 0 Å². The molecule has 4 nitrogen and oxygen atoms in total. The molecular formula is C57H36N4. The van der Waals surface area contributed by atoms with Crippen LogP contribution in [0.2, 0.25) is 0 Å². The highest BCUT2D eigenvalue weighted by Crippen LogP contribution is 2.45. The highest BCUT2D eigenvalue weighted by atomic mass is 15.0. The van der Waals surface area contributed by atoms with Crippen molar-refractivity contribution in [2.24, 2.45) is 0 Å². The van der Waals surface area contributed by atoms with Crippen LogP contribution in [0.1, 0.15) is 0 Å². The van der Waals surface area contributed by atoms with E-state index in [-0.39, 0.29) is 0 Å². The van der Waals surface area contributed by atoms with Crippen LogP contribution in [-0.2, 0) is 0 Å². The molecule has 12 rings (SSSR count). The molecule has 284 valence electrons. The number of rotatable bonds is 6. The Kier molecular flexibility index (Phi) is 8.13. The van der Waals surface area contributed by atoms with E-state index in [1.807, 2.05) is 0 Å². The number of hydrogen-bond acceptors (Lipinski definition) is 3. The van der Waals surface area contributed by atoms with Crippen molar-refractivity contribution < 1.29 is 0 Å². The molecule has 0 saturated heterocycles. The Balaban J connectivity index is 1.14. The number of pyridine rings is 1. The van der Waals surface area contributed by atoms with E-state index in [4.69, 9.17) is 15.0 Å². The molecule has 3 aromatic heterocycles. The van der Waals surface area contributed by atoms with Crippen molar-refractivity contribution in [1.82, 2.24) is 19.5 Å². The predicted molar refractivity (Wildman–Crippen MR) is 254 cm³/mol. The van der Waals surface area contributed by atoms with E-state index in [2.05, 4.69) is 223 Å². The summed E-state index contributed by atoms with van der Waals surface area (Å²) in [6.45, 7) is 0. The minimum atomic E-state index is 0.690. The molecule has 3 heterocycles. The summed E-state index contributed by atoms with van der Waals surface area (Å²) in [5.41, 5.74) is 13.2. The highest BCUT2D eigenvalue weighted by molar-refractivity contribution is 6.29. The standard InChI is InChI=1S/C57H36N4/c1-4-19-38(20-5-1)55-51(56(39-21-6-2-7-22-39)60-57(59-55)44-31-17-23-37-18-10-11-28-43(37)44)40-24-16-25-41(36-40)54-47-34-35-50-53(52(47)45-29-12-14-32-48(45)58-54)46-30-13-15-33-49(46)61(50)42-26-8-3-9-27-42/h1-36H. The number of para-hydroxylation sites is 3. The summed E-state index contributed by atoms with van der Waals surface area (Å²) in [6.07, 6.45) is 0. The van der Waals surface area contributed by atoms with Crippen LogP contribution in [0.4, 0.5) is 0 Å². The lowest BCUT2D eigenvalue weighted by molar-refractivity contribution is 1.18. The zero-order valence-electron chi connectivity index (χ0n) is 33.1. The molecule has 0 unspecified atom stereocenters. The maximum atomic E-state index is 5.48. The first kappa shape index (κ1) is 34.8. The fourth-order valence-corrected chi connectivity index (χ4v) is 9.28. The Bertz CT molecular complexity index is 3560. The molecule has 0 spiro atoms. The largest absolute Gasteiger partial charge is 0.309 e. The van der Waals surface area contributed by atoms with Gasteiger partial charge in [-0.2, -0.15) is 0 Å². The van der Waals surface area contributed by atoms with Crippen LogP contribution in [0.15, 0.2) is 218 Å². The van der Waals surface area contributed by atoms with Crippen molar-refractivity contribution in [3.8, 4) is 62.0 Å². The first-order valence-corrected chi connectivity index (χ1v) is 20.7. The molecule has 9 aromatic carbocycles. The smallest absolute Gasteiger partial charge is 0.161 e. The Morgan fingerprint density at radius 1 is 0.328 bits per heavy atom. The van der Waals surface area contributed by atoms with Gasteiger partial charge in [0.1, 0.15) is 0 Å². The Morgan fingerprint density at radius 3 is 1.66 bits per heavy atom. The Labute approximate surface area is 352 Å². The van der Waals surface area contributed by atoms with Gasteiger partial charge in [0.25, 0.3) is 0 Å². The van der Waals surface area contributed by atoms with E-state index in [1.165, 1.54) is 27.2 Å². The van der Waals surface area contributed by atoms with Crippen LogP contribution in [-0.4, -0.2) is 19.5 Å². The Hall–Kier alpha value is -8.21. The summed E-state index contributed by atoms with van der Waals surface area (Å²) >= 11 is 0. The van der Waals surface area contributed by atoms with Gasteiger partial charge in [-0.25, -0.2) is 15.0 Å². The van der Waals surface area contributed by atoms with Gasteiger partial charge in [0.2, 0.25) is 0 Å². The van der Waals surface area contributed by atoms with Gasteiger partial charge in [0, 0.05) is 60.4 Å². The quantitative estimate of drug-likeness (QED) is 0.158. The lowest BCUT2D eigenvalue weighted by atomic mass is 9.91. The van der Waals surface area contributed by atoms with E-state index >= 15 is 0 Å². The fourth-order valence-electron chi connectivity index (χ4n) is 9.28. The molecule has 0 saturated carbocycles. The SMILES string of the molecule is c1ccc(-c2nc(-c3cccc4ccccc34)nc(-c3ccccc3)c2-c2cccc(-c3nc4ccccc4c4c3ccc3c4c4ccccc4n3-c3ccccc3)c2)cc1. The predicted octanol–water partition coefficient (Wildman–Crippen LogP) is 14.8. The van der Waals surface area contributed by atoms with Gasteiger partial charge in [0.05, 0.1) is 33.6 Å². The summed E-state index contributed by atoms with van der Waals surface area (Å²) in [5, 5.41) is 8.15. The van der Waals surface area contributed by atoms with Gasteiger partial charge < -0.3 is 4.57 Å². The monoisotopic (exact) mass is 776 g/mol. The van der Waals surface area contributed by atoms with Gasteiger partial charge in [-0.15, -0.1) is 0 Å². The molecule has 0 aliphatic rings. The lowest BCUT2D eigenvalue weighted by Gasteiger charge is -2.18. The van der Waals surface area contributed by atoms with Gasteiger partial charge in [-0.3, -0.25) is 0 Å². The van der Waals surface area contributed by atoms with E-state index in [0.29, 0.717) is 5.82 Å². The summed E-state index contributed by atoms with van der Waals surface area (Å²) in [6, 6.07) is 77.2. The van der Waals surface area contributed by atoms with Gasteiger partial charge in [0.15, 0.2) is 5.82 Å². The van der Waals surface area contributed by atoms with Crippen molar-refractivity contribution >= 4 is 54.3 Å². The summed E-state index contributed by atoms with van der Waals surface area (Å²) in [5.74, 6) is 0.690. The van der Waals surface area contributed by atoms with Crippen LogP contribution in [0.25, 0.3) is 116 Å². The van der Waals surface area contributed by atoms with Crippen LogP contribution in [0, 0.1) is 0 Å². The van der Waals surface area contributed by atoms with Gasteiger partial charge in [-0.1, -0.05) is 182 Å². The number of nitrogens with zero attached hydrogens (tertiary/aromatic N) is 4. The van der Waals surface area contributed by atoms with Gasteiger partial charge >= 0.3 is 0 Å². The molecule has 4 heteroatoms. The van der Waals surface area contributed by atoms with Crippen molar-refractivity contribution in [3.05, 3.63) is 218 Å².